The minimum Gasteiger partial charge on any atom is -0.399 e. The van der Waals surface area contributed by atoms with Crippen molar-refractivity contribution in [1.82, 2.24) is 4.90 Å². The lowest BCUT2D eigenvalue weighted by Gasteiger charge is -2.27. The van der Waals surface area contributed by atoms with Gasteiger partial charge in [-0.05, 0) is 37.6 Å². The number of benzene rings is 1. The van der Waals surface area contributed by atoms with Crippen LogP contribution in [0.4, 0.5) is 5.69 Å². The van der Waals surface area contributed by atoms with Crippen LogP contribution in [-0.2, 0) is 6.54 Å². The first kappa shape index (κ1) is 13.9. The summed E-state index contributed by atoms with van der Waals surface area (Å²) in [6.45, 7) is 1.01. The minimum atomic E-state index is 0.747. The lowest BCUT2D eigenvalue weighted by atomic mass is 10.1. The Labute approximate surface area is 119 Å². The normalized spacial score (nSPS) is 17.9. The molecule has 100 valence electrons. The largest absolute Gasteiger partial charge is 0.399 e. The van der Waals surface area contributed by atoms with Crippen LogP contribution < -0.4 is 5.73 Å². The molecular weight excluding hydrogens is 288 g/mol. The fourth-order valence-electron chi connectivity index (χ4n) is 2.79. The topological polar surface area (TPSA) is 29.3 Å². The molecule has 1 aromatic rings. The quantitative estimate of drug-likeness (QED) is 0.670. The molecule has 0 heterocycles. The second kappa shape index (κ2) is 6.58. The van der Waals surface area contributed by atoms with Gasteiger partial charge in [-0.3, -0.25) is 4.90 Å². The average molecular weight is 311 g/mol. The van der Waals surface area contributed by atoms with Crippen LogP contribution in [0.15, 0.2) is 22.7 Å². The van der Waals surface area contributed by atoms with Gasteiger partial charge in [0, 0.05) is 22.7 Å². The summed E-state index contributed by atoms with van der Waals surface area (Å²) in [5.74, 6) is 0. The molecule has 1 fully saturated rings. The van der Waals surface area contributed by atoms with E-state index in [1.807, 2.05) is 12.1 Å². The van der Waals surface area contributed by atoms with E-state index in [9.17, 15) is 0 Å². The van der Waals surface area contributed by atoms with E-state index in [0.717, 1.165) is 22.7 Å². The summed E-state index contributed by atoms with van der Waals surface area (Å²) in [6, 6.07) is 6.86. The molecule has 0 aliphatic heterocycles. The third-order valence-electron chi connectivity index (χ3n) is 3.94. The number of rotatable bonds is 3. The van der Waals surface area contributed by atoms with Crippen LogP contribution in [0.3, 0.4) is 0 Å². The molecule has 1 aliphatic carbocycles. The molecule has 0 aromatic heterocycles. The van der Waals surface area contributed by atoms with E-state index in [2.05, 4.69) is 33.9 Å². The first-order valence-corrected chi connectivity index (χ1v) is 7.70. The first-order chi connectivity index (χ1) is 8.66. The van der Waals surface area contributed by atoms with Crippen molar-refractivity contribution in [2.24, 2.45) is 0 Å². The molecule has 0 saturated heterocycles. The van der Waals surface area contributed by atoms with Gasteiger partial charge in [-0.2, -0.15) is 0 Å². The van der Waals surface area contributed by atoms with Crippen molar-refractivity contribution in [3.8, 4) is 0 Å². The zero-order valence-electron chi connectivity index (χ0n) is 11.2. The summed E-state index contributed by atoms with van der Waals surface area (Å²) < 4.78 is 1.13. The third-order valence-corrected chi connectivity index (χ3v) is 4.68. The van der Waals surface area contributed by atoms with Crippen molar-refractivity contribution in [3.63, 3.8) is 0 Å². The van der Waals surface area contributed by atoms with Gasteiger partial charge in [-0.25, -0.2) is 0 Å². The predicted octanol–water partition coefficient (Wildman–Crippen LogP) is 4.19. The highest BCUT2D eigenvalue weighted by atomic mass is 79.9. The van der Waals surface area contributed by atoms with Crippen molar-refractivity contribution in [2.45, 2.75) is 51.1 Å². The first-order valence-electron chi connectivity index (χ1n) is 6.91. The molecule has 0 unspecified atom stereocenters. The number of hydrogen-bond acceptors (Lipinski definition) is 2. The van der Waals surface area contributed by atoms with Gasteiger partial charge in [0.05, 0.1) is 0 Å². The molecule has 0 radical (unpaired) electrons. The SMILES string of the molecule is CN(Cc1ccc(N)cc1Br)C1CCCCCC1. The molecule has 1 saturated carbocycles. The third kappa shape index (κ3) is 3.72. The zero-order valence-corrected chi connectivity index (χ0v) is 12.7. The highest BCUT2D eigenvalue weighted by molar-refractivity contribution is 9.10. The van der Waals surface area contributed by atoms with Crippen LogP contribution in [0, 0.1) is 0 Å². The lowest BCUT2D eigenvalue weighted by molar-refractivity contribution is 0.212. The number of nitrogen functional groups attached to an aromatic ring is 1. The van der Waals surface area contributed by atoms with Crippen LogP contribution >= 0.6 is 15.9 Å². The summed E-state index contributed by atoms with van der Waals surface area (Å²) >= 11 is 3.61. The smallest absolute Gasteiger partial charge is 0.0325 e. The monoisotopic (exact) mass is 310 g/mol. The van der Waals surface area contributed by atoms with Gasteiger partial charge in [0.25, 0.3) is 0 Å². The predicted molar refractivity (Wildman–Crippen MR) is 81.5 cm³/mol. The molecule has 2 N–H and O–H groups in total. The minimum absolute atomic E-state index is 0.747. The molecule has 1 aromatic carbocycles. The van der Waals surface area contributed by atoms with Crippen LogP contribution in [-0.4, -0.2) is 18.0 Å². The Hall–Kier alpha value is -0.540. The maximum Gasteiger partial charge on any atom is 0.0325 e. The van der Waals surface area contributed by atoms with Gasteiger partial charge in [-0.15, -0.1) is 0 Å². The van der Waals surface area contributed by atoms with Crippen molar-refractivity contribution in [3.05, 3.63) is 28.2 Å². The number of nitrogens with two attached hydrogens (primary N) is 1. The standard InChI is InChI=1S/C15H23BrN2/c1-18(14-6-4-2-3-5-7-14)11-12-8-9-13(17)10-15(12)16/h8-10,14H,2-7,11,17H2,1H3. The lowest BCUT2D eigenvalue weighted by Crippen LogP contribution is -2.30. The maximum absolute atomic E-state index is 5.78. The number of anilines is 1. The van der Waals surface area contributed by atoms with E-state index < -0.39 is 0 Å². The summed E-state index contributed by atoms with van der Waals surface area (Å²) in [4.78, 5) is 2.50. The Morgan fingerprint density at radius 1 is 1.22 bits per heavy atom. The Kier molecular flexibility index (Phi) is 5.07. The van der Waals surface area contributed by atoms with E-state index in [-0.39, 0.29) is 0 Å². The molecule has 0 spiro atoms. The highest BCUT2D eigenvalue weighted by Gasteiger charge is 2.17. The molecule has 0 atom stereocenters. The Balaban J connectivity index is 1.98. The summed E-state index contributed by atoms with van der Waals surface area (Å²) in [5.41, 5.74) is 7.93. The fraction of sp³-hybridized carbons (Fsp3) is 0.600. The molecule has 3 heteroatoms. The number of hydrogen-bond donors (Lipinski definition) is 1. The average Bonchev–Trinajstić information content (AvgIpc) is 2.61. The molecular formula is C15H23BrN2. The Morgan fingerprint density at radius 3 is 2.50 bits per heavy atom. The molecule has 0 bridgehead atoms. The Morgan fingerprint density at radius 2 is 1.89 bits per heavy atom. The highest BCUT2D eigenvalue weighted by Crippen LogP contribution is 2.25. The van der Waals surface area contributed by atoms with Crippen LogP contribution in [0.2, 0.25) is 0 Å². The van der Waals surface area contributed by atoms with E-state index in [0.29, 0.717) is 0 Å². The van der Waals surface area contributed by atoms with Gasteiger partial charge in [0.2, 0.25) is 0 Å². The second-order valence-electron chi connectivity index (χ2n) is 5.41. The van der Waals surface area contributed by atoms with Crippen LogP contribution in [0.1, 0.15) is 44.1 Å². The fourth-order valence-corrected chi connectivity index (χ4v) is 3.31. The maximum atomic E-state index is 5.78. The molecule has 1 aliphatic rings. The van der Waals surface area contributed by atoms with Crippen molar-refractivity contribution in [1.29, 1.82) is 0 Å². The molecule has 2 nitrogen and oxygen atoms in total. The van der Waals surface area contributed by atoms with Crippen molar-refractivity contribution >= 4 is 21.6 Å². The second-order valence-corrected chi connectivity index (χ2v) is 6.27. The summed E-state index contributed by atoms with van der Waals surface area (Å²) in [7, 11) is 2.25. The van der Waals surface area contributed by atoms with Gasteiger partial charge in [0.1, 0.15) is 0 Å². The van der Waals surface area contributed by atoms with E-state index in [4.69, 9.17) is 5.73 Å². The van der Waals surface area contributed by atoms with E-state index in [1.54, 1.807) is 0 Å². The summed E-state index contributed by atoms with van der Waals surface area (Å²) in [6.07, 6.45) is 8.30. The van der Waals surface area contributed by atoms with Gasteiger partial charge in [0.15, 0.2) is 0 Å². The zero-order chi connectivity index (χ0) is 13.0. The summed E-state index contributed by atoms with van der Waals surface area (Å²) in [5, 5.41) is 0. The van der Waals surface area contributed by atoms with Crippen LogP contribution in [0.5, 0.6) is 0 Å². The van der Waals surface area contributed by atoms with Gasteiger partial charge >= 0.3 is 0 Å². The van der Waals surface area contributed by atoms with Gasteiger partial charge < -0.3 is 5.73 Å². The Bertz CT molecular complexity index is 384. The van der Waals surface area contributed by atoms with Gasteiger partial charge in [-0.1, -0.05) is 47.7 Å². The van der Waals surface area contributed by atoms with E-state index >= 15 is 0 Å². The number of halogens is 1. The molecule has 2 rings (SSSR count). The van der Waals surface area contributed by atoms with E-state index in [1.165, 1.54) is 44.1 Å². The molecule has 0 amide bonds. The van der Waals surface area contributed by atoms with Crippen molar-refractivity contribution in [2.75, 3.05) is 12.8 Å². The van der Waals surface area contributed by atoms with Crippen molar-refractivity contribution < 1.29 is 0 Å². The number of nitrogens with zero attached hydrogens (tertiary/aromatic N) is 1. The van der Waals surface area contributed by atoms with Crippen LogP contribution in [0.25, 0.3) is 0 Å². The molecule has 18 heavy (non-hydrogen) atoms.